The van der Waals surface area contributed by atoms with Gasteiger partial charge >= 0.3 is 0 Å². The van der Waals surface area contributed by atoms with Gasteiger partial charge in [0.25, 0.3) is 5.56 Å². The highest BCUT2D eigenvalue weighted by Gasteiger charge is 2.42. The molecule has 3 heterocycles. The molecule has 8 heteroatoms. The minimum absolute atomic E-state index is 0.0106. The number of aromatic nitrogens is 2. The van der Waals surface area contributed by atoms with Crippen molar-refractivity contribution in [3.05, 3.63) is 22.7 Å². The average molecular weight is 347 g/mol. The van der Waals surface area contributed by atoms with Gasteiger partial charge in [-0.3, -0.25) is 14.4 Å². The van der Waals surface area contributed by atoms with Gasteiger partial charge in [0.15, 0.2) is 5.82 Å². The fourth-order valence-corrected chi connectivity index (χ4v) is 3.48. The summed E-state index contributed by atoms with van der Waals surface area (Å²) in [6.45, 7) is 6.41. The predicted octanol–water partition coefficient (Wildman–Crippen LogP) is -0.318. The molecule has 8 nitrogen and oxygen atoms in total. The van der Waals surface area contributed by atoms with Gasteiger partial charge in [-0.2, -0.15) is 0 Å². The van der Waals surface area contributed by atoms with Gasteiger partial charge in [0.05, 0.1) is 12.0 Å². The van der Waals surface area contributed by atoms with E-state index in [0.717, 1.165) is 0 Å². The van der Waals surface area contributed by atoms with E-state index in [1.54, 1.807) is 28.9 Å². The summed E-state index contributed by atoms with van der Waals surface area (Å²) in [4.78, 5) is 44.3. The van der Waals surface area contributed by atoms with E-state index in [2.05, 4.69) is 24.1 Å². The molecule has 2 aliphatic heterocycles. The van der Waals surface area contributed by atoms with Crippen LogP contribution in [0.1, 0.15) is 20.3 Å². The smallest absolute Gasteiger partial charge is 0.293 e. The number of anilines is 1. The Kier molecular flexibility index (Phi) is 4.78. The Morgan fingerprint density at radius 1 is 1.32 bits per heavy atom. The summed E-state index contributed by atoms with van der Waals surface area (Å²) < 4.78 is 1.68. The number of nitrogens with zero attached hydrogens (tertiary/aromatic N) is 4. The van der Waals surface area contributed by atoms with E-state index in [0.29, 0.717) is 37.9 Å². The number of nitrogens with one attached hydrogen (secondary N) is 1. The van der Waals surface area contributed by atoms with Crippen molar-refractivity contribution in [1.29, 1.82) is 0 Å². The first-order chi connectivity index (χ1) is 11.9. The molecule has 1 atom stereocenters. The first-order valence-corrected chi connectivity index (χ1v) is 8.72. The molecule has 2 fully saturated rings. The van der Waals surface area contributed by atoms with E-state index < -0.39 is 0 Å². The minimum Gasteiger partial charge on any atom is -0.359 e. The van der Waals surface area contributed by atoms with Gasteiger partial charge in [0, 0.05) is 52.0 Å². The number of amides is 2. The lowest BCUT2D eigenvalue weighted by molar-refractivity contribution is -0.130. The van der Waals surface area contributed by atoms with E-state index in [9.17, 15) is 14.4 Å². The topological polar surface area (TPSA) is 87.5 Å². The molecule has 0 bridgehead atoms. The van der Waals surface area contributed by atoms with E-state index in [1.807, 2.05) is 4.90 Å². The van der Waals surface area contributed by atoms with Crippen molar-refractivity contribution in [2.75, 3.05) is 31.6 Å². The second kappa shape index (κ2) is 6.85. The van der Waals surface area contributed by atoms with Gasteiger partial charge < -0.3 is 19.7 Å². The van der Waals surface area contributed by atoms with E-state index in [-0.39, 0.29) is 35.8 Å². The Labute approximate surface area is 146 Å². The van der Waals surface area contributed by atoms with E-state index in [4.69, 9.17) is 0 Å². The molecular weight excluding hydrogens is 322 g/mol. The van der Waals surface area contributed by atoms with Crippen molar-refractivity contribution in [2.45, 2.75) is 32.9 Å². The fraction of sp³-hybridized carbons (Fsp3) is 0.647. The van der Waals surface area contributed by atoms with E-state index in [1.165, 1.54) is 0 Å². The lowest BCUT2D eigenvalue weighted by atomic mass is 10.1. The Hall–Kier alpha value is -2.38. The van der Waals surface area contributed by atoms with Crippen LogP contribution in [0.15, 0.2) is 17.2 Å². The molecule has 1 aromatic rings. The number of likely N-dealkylation sites (tertiary alicyclic amines) is 1. The average Bonchev–Trinajstić information content (AvgIpc) is 2.90. The molecule has 0 radical (unpaired) electrons. The largest absolute Gasteiger partial charge is 0.359 e. The highest BCUT2D eigenvalue weighted by Crippen LogP contribution is 2.26. The van der Waals surface area contributed by atoms with Gasteiger partial charge in [0.2, 0.25) is 11.8 Å². The van der Waals surface area contributed by atoms with Crippen LogP contribution in [0.2, 0.25) is 0 Å². The third-order valence-electron chi connectivity index (χ3n) is 4.84. The van der Waals surface area contributed by atoms with Crippen LogP contribution in [-0.2, 0) is 16.1 Å². The van der Waals surface area contributed by atoms with Crippen molar-refractivity contribution in [3.63, 3.8) is 0 Å². The first kappa shape index (κ1) is 17.4. The molecule has 2 amide bonds. The summed E-state index contributed by atoms with van der Waals surface area (Å²) in [5.41, 5.74) is -0.0920. The SMILES string of the molecule is CNC(=O)C1CC(=O)N(C2CN(c3nccn(CC(C)C)c3=O)C2)C1. The van der Waals surface area contributed by atoms with Crippen LogP contribution < -0.4 is 15.8 Å². The molecule has 2 saturated heterocycles. The van der Waals surface area contributed by atoms with Gasteiger partial charge in [0.1, 0.15) is 0 Å². The van der Waals surface area contributed by atoms with Gasteiger partial charge in [-0.15, -0.1) is 0 Å². The molecule has 0 aromatic carbocycles. The number of hydrogen-bond donors (Lipinski definition) is 1. The van der Waals surface area contributed by atoms with Crippen molar-refractivity contribution < 1.29 is 9.59 Å². The van der Waals surface area contributed by atoms with E-state index >= 15 is 0 Å². The predicted molar refractivity (Wildman–Crippen MR) is 93.2 cm³/mol. The summed E-state index contributed by atoms with van der Waals surface area (Å²) in [5, 5.41) is 2.60. The van der Waals surface area contributed by atoms with Gasteiger partial charge in [-0.25, -0.2) is 4.98 Å². The first-order valence-electron chi connectivity index (χ1n) is 8.72. The van der Waals surface area contributed by atoms with Crippen molar-refractivity contribution in [1.82, 2.24) is 19.8 Å². The van der Waals surface area contributed by atoms with Crippen LogP contribution >= 0.6 is 0 Å². The lowest BCUT2D eigenvalue weighted by Gasteiger charge is -2.44. The molecule has 1 N–H and O–H groups in total. The molecule has 1 unspecified atom stereocenters. The van der Waals surface area contributed by atoms with Crippen molar-refractivity contribution in [3.8, 4) is 0 Å². The third-order valence-corrected chi connectivity index (χ3v) is 4.84. The molecule has 0 aliphatic carbocycles. The fourth-order valence-electron chi connectivity index (χ4n) is 3.48. The minimum atomic E-state index is -0.273. The molecule has 0 saturated carbocycles. The summed E-state index contributed by atoms with van der Waals surface area (Å²) in [6, 6.07) is 0.0436. The standard InChI is InChI=1S/C17H25N5O3/c1-11(2)7-20-5-4-19-15(17(20)25)21-9-13(10-21)22-8-12(6-14(22)23)16(24)18-3/h4-5,11-13H,6-10H2,1-3H3,(H,18,24). The third kappa shape index (κ3) is 3.38. The van der Waals surface area contributed by atoms with Crippen LogP contribution in [0.25, 0.3) is 0 Å². The Balaban J connectivity index is 1.64. The highest BCUT2D eigenvalue weighted by atomic mass is 16.2. The Morgan fingerprint density at radius 2 is 2.04 bits per heavy atom. The molecule has 25 heavy (non-hydrogen) atoms. The number of hydrogen-bond acceptors (Lipinski definition) is 5. The second-order valence-corrected chi connectivity index (χ2v) is 7.22. The molecule has 136 valence electrons. The quantitative estimate of drug-likeness (QED) is 0.789. The highest BCUT2D eigenvalue weighted by molar-refractivity contribution is 5.89. The zero-order valence-electron chi connectivity index (χ0n) is 14.9. The zero-order chi connectivity index (χ0) is 18.1. The van der Waals surface area contributed by atoms with Crippen LogP contribution in [0.3, 0.4) is 0 Å². The maximum Gasteiger partial charge on any atom is 0.293 e. The van der Waals surface area contributed by atoms with Crippen molar-refractivity contribution in [2.24, 2.45) is 11.8 Å². The molecule has 0 spiro atoms. The van der Waals surface area contributed by atoms with Crippen molar-refractivity contribution >= 4 is 17.6 Å². The summed E-state index contributed by atoms with van der Waals surface area (Å²) >= 11 is 0. The Morgan fingerprint density at radius 3 is 2.68 bits per heavy atom. The van der Waals surface area contributed by atoms with Crippen LogP contribution in [0, 0.1) is 11.8 Å². The second-order valence-electron chi connectivity index (χ2n) is 7.22. The van der Waals surface area contributed by atoms with Gasteiger partial charge in [-0.05, 0) is 5.92 Å². The summed E-state index contributed by atoms with van der Waals surface area (Å²) in [5.74, 6) is 0.462. The van der Waals surface area contributed by atoms with Crippen LogP contribution in [-0.4, -0.2) is 59.0 Å². The van der Waals surface area contributed by atoms with Crippen LogP contribution in [0.4, 0.5) is 5.82 Å². The number of carbonyl (C=O) groups excluding carboxylic acids is 2. The molecule has 1 aromatic heterocycles. The monoisotopic (exact) mass is 347 g/mol. The maximum atomic E-state index is 12.5. The maximum absolute atomic E-state index is 12.5. The molecule has 2 aliphatic rings. The van der Waals surface area contributed by atoms with Gasteiger partial charge in [-0.1, -0.05) is 13.8 Å². The summed E-state index contributed by atoms with van der Waals surface area (Å²) in [6.07, 6.45) is 3.62. The molecular formula is C17H25N5O3. The molecule has 3 rings (SSSR count). The number of carbonyl (C=O) groups is 2. The zero-order valence-corrected chi connectivity index (χ0v) is 14.9. The van der Waals surface area contributed by atoms with Crippen LogP contribution in [0.5, 0.6) is 0 Å². The lowest BCUT2D eigenvalue weighted by Crippen LogP contribution is -2.61. The normalized spacial score (nSPS) is 21.0. The summed E-state index contributed by atoms with van der Waals surface area (Å²) in [7, 11) is 1.59. The number of rotatable bonds is 5. The Bertz CT molecular complexity index is 723.